The second-order valence-corrected chi connectivity index (χ2v) is 8.52. The first kappa shape index (κ1) is 18.7. The number of nitrogens with one attached hydrogen (secondary N) is 1. The van der Waals surface area contributed by atoms with Crippen LogP contribution in [0.25, 0.3) is 10.2 Å². The lowest BCUT2D eigenvalue weighted by molar-refractivity contribution is -0.116. The van der Waals surface area contributed by atoms with E-state index in [9.17, 15) is 4.79 Å². The predicted octanol–water partition coefficient (Wildman–Crippen LogP) is 5.14. The number of para-hydroxylation sites is 2. The Morgan fingerprint density at radius 3 is 2.82 bits per heavy atom. The van der Waals surface area contributed by atoms with E-state index >= 15 is 0 Å². The Kier molecular flexibility index (Phi) is 5.73. The second-order valence-electron chi connectivity index (χ2n) is 6.40. The molecular formula is C21H20N4OS2. The Morgan fingerprint density at radius 1 is 1.18 bits per heavy atom. The number of fused-ring (bicyclic) bond motifs is 1. The van der Waals surface area contributed by atoms with E-state index < -0.39 is 0 Å². The molecule has 1 amide bonds. The molecule has 4 aromatic rings. The number of imidazole rings is 1. The Labute approximate surface area is 171 Å². The molecule has 7 heteroatoms. The summed E-state index contributed by atoms with van der Waals surface area (Å²) in [4.78, 5) is 22.4. The molecule has 28 heavy (non-hydrogen) atoms. The number of anilines is 1. The van der Waals surface area contributed by atoms with Crippen molar-refractivity contribution >= 4 is 44.9 Å². The third kappa shape index (κ3) is 4.43. The van der Waals surface area contributed by atoms with Gasteiger partial charge in [0.2, 0.25) is 5.91 Å². The molecule has 0 saturated carbocycles. The number of thiazole rings is 1. The van der Waals surface area contributed by atoms with Gasteiger partial charge in [-0.2, -0.15) is 0 Å². The van der Waals surface area contributed by atoms with Crippen molar-refractivity contribution in [2.75, 3.05) is 5.32 Å². The molecule has 2 aromatic carbocycles. The largest absolute Gasteiger partial charge is 0.329 e. The molecule has 2 heterocycles. The van der Waals surface area contributed by atoms with Crippen molar-refractivity contribution in [2.24, 2.45) is 7.05 Å². The van der Waals surface area contributed by atoms with Gasteiger partial charge in [0.05, 0.1) is 20.9 Å². The van der Waals surface area contributed by atoms with Crippen LogP contribution in [-0.4, -0.2) is 20.4 Å². The predicted molar refractivity (Wildman–Crippen MR) is 115 cm³/mol. The molecule has 4 rings (SSSR count). The van der Waals surface area contributed by atoms with Crippen molar-refractivity contribution in [3.05, 3.63) is 65.9 Å². The van der Waals surface area contributed by atoms with Crippen molar-refractivity contribution in [1.82, 2.24) is 14.5 Å². The standard InChI is InChI=1S/C21H20N4OS2/c1-25-14-13-22-21(25)28-18-10-5-2-7-15(18)23-19(26)11-6-12-20-24-16-8-3-4-9-17(16)27-20/h2-5,7-10,13-14H,6,11-12H2,1H3,(H,23,26). The van der Waals surface area contributed by atoms with Crippen molar-refractivity contribution in [3.8, 4) is 0 Å². The normalized spacial score (nSPS) is 11.0. The highest BCUT2D eigenvalue weighted by Gasteiger charge is 2.11. The van der Waals surface area contributed by atoms with Gasteiger partial charge in [0.25, 0.3) is 0 Å². The van der Waals surface area contributed by atoms with Gasteiger partial charge in [0, 0.05) is 30.8 Å². The third-order valence-corrected chi connectivity index (χ3v) is 6.52. The highest BCUT2D eigenvalue weighted by molar-refractivity contribution is 7.99. The Morgan fingerprint density at radius 2 is 2.00 bits per heavy atom. The lowest BCUT2D eigenvalue weighted by atomic mass is 10.2. The van der Waals surface area contributed by atoms with E-state index in [0.29, 0.717) is 6.42 Å². The van der Waals surface area contributed by atoms with Crippen LogP contribution < -0.4 is 5.32 Å². The first-order valence-electron chi connectivity index (χ1n) is 9.07. The van der Waals surface area contributed by atoms with Crippen LogP contribution >= 0.6 is 23.1 Å². The topological polar surface area (TPSA) is 59.8 Å². The molecule has 0 saturated heterocycles. The molecule has 0 atom stereocenters. The fraction of sp³-hybridized carbons (Fsp3) is 0.190. The molecule has 1 N–H and O–H groups in total. The van der Waals surface area contributed by atoms with Crippen LogP contribution in [0.3, 0.4) is 0 Å². The fourth-order valence-electron chi connectivity index (χ4n) is 2.85. The molecule has 0 fully saturated rings. The van der Waals surface area contributed by atoms with Crippen LogP contribution in [0.2, 0.25) is 0 Å². The Bertz CT molecular complexity index is 1070. The molecule has 0 aliphatic carbocycles. The molecule has 0 unspecified atom stereocenters. The smallest absolute Gasteiger partial charge is 0.224 e. The van der Waals surface area contributed by atoms with E-state index in [1.165, 1.54) is 4.70 Å². The lowest BCUT2D eigenvalue weighted by Crippen LogP contribution is -2.12. The summed E-state index contributed by atoms with van der Waals surface area (Å²) >= 11 is 3.24. The SMILES string of the molecule is Cn1ccnc1Sc1ccccc1NC(=O)CCCc1nc2ccccc2s1. The number of hydrogen-bond acceptors (Lipinski definition) is 5. The molecule has 5 nitrogen and oxygen atoms in total. The van der Waals surface area contributed by atoms with E-state index in [2.05, 4.69) is 21.4 Å². The summed E-state index contributed by atoms with van der Waals surface area (Å²) in [7, 11) is 1.96. The average Bonchev–Trinajstić information content (AvgIpc) is 3.29. The van der Waals surface area contributed by atoms with Crippen molar-refractivity contribution < 1.29 is 4.79 Å². The number of hydrogen-bond donors (Lipinski definition) is 1. The van der Waals surface area contributed by atoms with Gasteiger partial charge < -0.3 is 9.88 Å². The molecule has 0 radical (unpaired) electrons. The number of benzene rings is 2. The van der Waals surface area contributed by atoms with Gasteiger partial charge in [-0.1, -0.05) is 24.3 Å². The number of aromatic nitrogens is 3. The van der Waals surface area contributed by atoms with Gasteiger partial charge in [-0.05, 0) is 48.9 Å². The van der Waals surface area contributed by atoms with Crippen molar-refractivity contribution in [3.63, 3.8) is 0 Å². The van der Waals surface area contributed by atoms with Crippen LogP contribution in [0.4, 0.5) is 5.69 Å². The highest BCUT2D eigenvalue weighted by atomic mass is 32.2. The van der Waals surface area contributed by atoms with Gasteiger partial charge in [0.1, 0.15) is 0 Å². The zero-order chi connectivity index (χ0) is 19.3. The first-order chi connectivity index (χ1) is 13.7. The van der Waals surface area contributed by atoms with Crippen LogP contribution in [0, 0.1) is 0 Å². The number of rotatable bonds is 7. The minimum atomic E-state index is 0.0222. The summed E-state index contributed by atoms with van der Waals surface area (Å²) in [5, 5.41) is 5.01. The quantitative estimate of drug-likeness (QED) is 0.460. The van der Waals surface area contributed by atoms with Gasteiger partial charge in [-0.25, -0.2) is 9.97 Å². The molecule has 0 bridgehead atoms. The van der Waals surface area contributed by atoms with Gasteiger partial charge >= 0.3 is 0 Å². The second kappa shape index (κ2) is 8.58. The molecule has 0 aliphatic heterocycles. The Hall–Kier alpha value is -2.64. The minimum absolute atomic E-state index is 0.0222. The van der Waals surface area contributed by atoms with Crippen LogP contribution in [0.15, 0.2) is 71.0 Å². The maximum absolute atomic E-state index is 12.4. The zero-order valence-corrected chi connectivity index (χ0v) is 17.1. The number of amides is 1. The van der Waals surface area contributed by atoms with Gasteiger partial charge in [-0.3, -0.25) is 4.79 Å². The van der Waals surface area contributed by atoms with E-state index in [4.69, 9.17) is 0 Å². The maximum atomic E-state index is 12.4. The summed E-state index contributed by atoms with van der Waals surface area (Å²) < 4.78 is 3.16. The molecule has 0 aliphatic rings. The van der Waals surface area contributed by atoms with E-state index in [0.717, 1.165) is 39.1 Å². The number of nitrogens with zero attached hydrogens (tertiary/aromatic N) is 3. The average molecular weight is 409 g/mol. The Balaban J connectivity index is 1.34. The number of aryl methyl sites for hydroxylation is 2. The summed E-state index contributed by atoms with van der Waals surface area (Å²) in [5.74, 6) is 0.0222. The molecule has 142 valence electrons. The molecule has 0 spiro atoms. The van der Waals surface area contributed by atoms with Crippen LogP contribution in [0.1, 0.15) is 17.8 Å². The van der Waals surface area contributed by atoms with Crippen molar-refractivity contribution in [2.45, 2.75) is 29.3 Å². The van der Waals surface area contributed by atoms with E-state index in [-0.39, 0.29) is 5.91 Å². The molecule has 2 aromatic heterocycles. The lowest BCUT2D eigenvalue weighted by Gasteiger charge is -2.10. The highest BCUT2D eigenvalue weighted by Crippen LogP contribution is 2.32. The maximum Gasteiger partial charge on any atom is 0.224 e. The number of carbonyl (C=O) groups excluding carboxylic acids is 1. The number of carbonyl (C=O) groups is 1. The summed E-state index contributed by atoms with van der Waals surface area (Å²) in [5.41, 5.74) is 1.85. The minimum Gasteiger partial charge on any atom is -0.329 e. The van der Waals surface area contributed by atoms with E-state index in [1.807, 2.05) is 60.3 Å². The summed E-state index contributed by atoms with van der Waals surface area (Å²) in [6, 6.07) is 16.0. The van der Waals surface area contributed by atoms with Crippen molar-refractivity contribution in [1.29, 1.82) is 0 Å². The fourth-order valence-corrected chi connectivity index (χ4v) is 4.75. The summed E-state index contributed by atoms with van der Waals surface area (Å²) in [6.07, 6.45) is 5.74. The third-order valence-electron chi connectivity index (χ3n) is 4.27. The zero-order valence-electron chi connectivity index (χ0n) is 15.5. The van der Waals surface area contributed by atoms with Gasteiger partial charge in [0.15, 0.2) is 5.16 Å². The van der Waals surface area contributed by atoms with E-state index in [1.54, 1.807) is 29.3 Å². The monoisotopic (exact) mass is 408 g/mol. The van der Waals surface area contributed by atoms with Crippen LogP contribution in [0.5, 0.6) is 0 Å². The van der Waals surface area contributed by atoms with Gasteiger partial charge in [-0.15, -0.1) is 11.3 Å². The molecular weight excluding hydrogens is 388 g/mol. The first-order valence-corrected chi connectivity index (χ1v) is 10.7. The summed E-state index contributed by atoms with van der Waals surface area (Å²) in [6.45, 7) is 0. The van der Waals surface area contributed by atoms with Crippen LogP contribution in [-0.2, 0) is 18.3 Å².